The second-order valence-electron chi connectivity index (χ2n) is 20.1. The third kappa shape index (κ3) is 38.2. The molecular formula is C57H102Al2O12. The van der Waals surface area contributed by atoms with Crippen LogP contribution in [0.5, 0.6) is 0 Å². The van der Waals surface area contributed by atoms with Crippen LogP contribution < -0.4 is 30.6 Å². The van der Waals surface area contributed by atoms with Crippen molar-refractivity contribution in [3.63, 3.8) is 0 Å². The van der Waals surface area contributed by atoms with Gasteiger partial charge in [0.05, 0.1) is 35.8 Å². The van der Waals surface area contributed by atoms with E-state index < -0.39 is 52.1 Å². The third-order valence-electron chi connectivity index (χ3n) is 14.1. The molecule has 14 heteroatoms. The fraction of sp³-hybridized carbons (Fsp3) is 0.895. The van der Waals surface area contributed by atoms with Gasteiger partial charge in [-0.2, -0.15) is 0 Å². The number of carbonyl (C=O) groups is 6. The normalized spacial score (nSPS) is 11.2. The molecule has 0 aromatic heterocycles. The number of hydrogen-bond donors (Lipinski definition) is 0. The van der Waals surface area contributed by atoms with Gasteiger partial charge in [0.2, 0.25) is 0 Å². The monoisotopic (exact) mass is 1030 g/mol. The average Bonchev–Trinajstić information content (AvgIpc) is 3.30. The van der Waals surface area contributed by atoms with Gasteiger partial charge in [-0.3, -0.25) is 0 Å². The van der Waals surface area contributed by atoms with Crippen molar-refractivity contribution in [2.24, 2.45) is 16.2 Å². The third-order valence-corrected chi connectivity index (χ3v) is 14.1. The smallest absolute Gasteiger partial charge is 0.549 e. The summed E-state index contributed by atoms with van der Waals surface area (Å²) in [6.07, 6.45) is 36.6. The molecule has 0 atom stereocenters. The minimum absolute atomic E-state index is 0. The first-order chi connectivity index (χ1) is 33.0. The predicted molar refractivity (Wildman–Crippen MR) is 277 cm³/mol. The molecular weight excluding hydrogens is 931 g/mol. The van der Waals surface area contributed by atoms with E-state index in [9.17, 15) is 59.4 Å². The number of unbranched alkanes of at least 4 members (excludes halogenated alkanes) is 30. The first kappa shape index (κ1) is 77.8. The van der Waals surface area contributed by atoms with Crippen molar-refractivity contribution in [2.45, 2.75) is 311 Å². The molecule has 0 fully saturated rings. The fourth-order valence-electron chi connectivity index (χ4n) is 9.09. The molecule has 0 bridgehead atoms. The summed E-state index contributed by atoms with van der Waals surface area (Å²) in [4.78, 5) is 68.8. The molecule has 0 spiro atoms. The summed E-state index contributed by atoms with van der Waals surface area (Å²) in [6.45, 7) is 12.8. The molecule has 0 amide bonds. The number of aliphatic carboxylic acids is 6. The Morgan fingerprint density at radius 2 is 0.310 bits per heavy atom. The van der Waals surface area contributed by atoms with Crippen LogP contribution in [0.2, 0.25) is 0 Å². The van der Waals surface area contributed by atoms with E-state index in [1.807, 2.05) is 0 Å². The molecule has 0 radical (unpaired) electrons. The van der Waals surface area contributed by atoms with Gasteiger partial charge in [0, 0.05) is 16.2 Å². The maximum atomic E-state index is 11.5. The number of rotatable bonds is 48. The van der Waals surface area contributed by atoms with Crippen LogP contribution in [0.15, 0.2) is 0 Å². The minimum Gasteiger partial charge on any atom is -0.549 e. The van der Waals surface area contributed by atoms with Gasteiger partial charge in [-0.05, 0) is 38.5 Å². The Kier molecular flexibility index (Phi) is 57.8. The molecule has 71 heavy (non-hydrogen) atoms. The topological polar surface area (TPSA) is 241 Å². The maximum Gasteiger partial charge on any atom is 3.00 e. The zero-order chi connectivity index (χ0) is 52.7. The van der Waals surface area contributed by atoms with Crippen LogP contribution in [-0.2, 0) is 28.8 Å². The zero-order valence-electron chi connectivity index (χ0n) is 46.3. The second kappa shape index (κ2) is 52.7. The van der Waals surface area contributed by atoms with E-state index in [4.69, 9.17) is 0 Å². The summed E-state index contributed by atoms with van der Waals surface area (Å²) in [5.41, 5.74) is -5.39. The number of hydrogen-bond acceptors (Lipinski definition) is 12. The Labute approximate surface area is 455 Å². The molecule has 0 saturated carbocycles. The van der Waals surface area contributed by atoms with Crippen LogP contribution >= 0.6 is 0 Å². The van der Waals surface area contributed by atoms with E-state index >= 15 is 0 Å². The molecule has 0 unspecified atom stereocenters. The summed E-state index contributed by atoms with van der Waals surface area (Å²) in [5, 5.41) is 68.8. The molecule has 0 aliphatic carbocycles. The molecule has 0 heterocycles. The summed E-state index contributed by atoms with van der Waals surface area (Å²) >= 11 is 0. The first-order valence-electron chi connectivity index (χ1n) is 28.3. The van der Waals surface area contributed by atoms with Crippen molar-refractivity contribution in [2.75, 3.05) is 0 Å². The Morgan fingerprint density at radius 1 is 0.211 bits per heavy atom. The SMILES string of the molecule is CCCCCCCCC(CCCCCCCC)(C(=O)[O-])C(=O)[O-].CCCCCCCCC(CCCCCCCC)(C(=O)[O-])C(=O)[O-].CCCCCCCCC(CCCCCCCC)(C(=O)[O-])C(=O)[O-].[Al+3].[Al+3]. The molecule has 0 aliphatic rings. The van der Waals surface area contributed by atoms with Crippen molar-refractivity contribution >= 4 is 70.5 Å². The van der Waals surface area contributed by atoms with Gasteiger partial charge in [0.1, 0.15) is 0 Å². The van der Waals surface area contributed by atoms with Gasteiger partial charge in [0.15, 0.2) is 0 Å². The Bertz CT molecular complexity index is 1050. The van der Waals surface area contributed by atoms with Crippen LogP contribution in [0.25, 0.3) is 0 Å². The van der Waals surface area contributed by atoms with Gasteiger partial charge in [-0.25, -0.2) is 0 Å². The Balaban J connectivity index is -0.000000302. The fourth-order valence-corrected chi connectivity index (χ4v) is 9.09. The quantitative estimate of drug-likeness (QED) is 0.0319. The van der Waals surface area contributed by atoms with E-state index in [0.29, 0.717) is 38.5 Å². The van der Waals surface area contributed by atoms with Crippen molar-refractivity contribution in [3.8, 4) is 0 Å². The summed E-state index contributed by atoms with van der Waals surface area (Å²) in [5.74, 6) is -8.84. The van der Waals surface area contributed by atoms with Crippen LogP contribution in [0.3, 0.4) is 0 Å². The second-order valence-corrected chi connectivity index (χ2v) is 20.1. The first-order valence-corrected chi connectivity index (χ1v) is 28.3. The zero-order valence-corrected chi connectivity index (χ0v) is 48.6. The van der Waals surface area contributed by atoms with E-state index in [2.05, 4.69) is 41.5 Å². The van der Waals surface area contributed by atoms with Crippen molar-refractivity contribution in [1.82, 2.24) is 0 Å². The molecule has 12 nitrogen and oxygen atoms in total. The largest absolute Gasteiger partial charge is 3.00 e. The van der Waals surface area contributed by atoms with Gasteiger partial charge >= 0.3 is 34.7 Å². The van der Waals surface area contributed by atoms with Gasteiger partial charge < -0.3 is 59.4 Å². The molecule has 408 valence electrons. The molecule has 0 aromatic carbocycles. The van der Waals surface area contributed by atoms with Crippen LogP contribution in [-0.4, -0.2) is 70.5 Å². The van der Waals surface area contributed by atoms with Crippen LogP contribution in [0.1, 0.15) is 311 Å². The van der Waals surface area contributed by atoms with E-state index in [1.165, 1.54) is 38.5 Å². The molecule has 0 rings (SSSR count). The predicted octanol–water partition coefficient (Wildman–Crippen LogP) is 8.16. The van der Waals surface area contributed by atoms with Gasteiger partial charge in [0.25, 0.3) is 0 Å². The minimum atomic E-state index is -1.80. The molecule has 0 aromatic rings. The average molecular weight is 1030 g/mol. The van der Waals surface area contributed by atoms with Gasteiger partial charge in [-0.15, -0.1) is 0 Å². The maximum absolute atomic E-state index is 11.5. The summed E-state index contributed by atoms with van der Waals surface area (Å²) in [7, 11) is 0. The van der Waals surface area contributed by atoms with E-state index in [0.717, 1.165) is 154 Å². The summed E-state index contributed by atoms with van der Waals surface area (Å²) < 4.78 is 0. The van der Waals surface area contributed by atoms with E-state index in [1.54, 1.807) is 0 Å². The molecule has 0 saturated heterocycles. The number of carboxylic acids is 6. The molecule has 0 N–H and O–H groups in total. The van der Waals surface area contributed by atoms with Crippen molar-refractivity contribution < 1.29 is 59.4 Å². The molecule has 0 aliphatic heterocycles. The van der Waals surface area contributed by atoms with E-state index in [-0.39, 0.29) is 73.2 Å². The van der Waals surface area contributed by atoms with Gasteiger partial charge in [-0.1, -0.05) is 273 Å². The Morgan fingerprint density at radius 3 is 0.408 bits per heavy atom. The number of carbonyl (C=O) groups excluding carboxylic acids is 6. The van der Waals surface area contributed by atoms with Crippen molar-refractivity contribution in [3.05, 3.63) is 0 Å². The standard InChI is InChI=1S/3C19H36O4.2Al/c3*1-3-5-7-9-11-13-15-19(17(20)21,18(22)23)16-14-12-10-8-6-4-2;;/h3*3-16H2,1-2H3,(H,20,21)(H,22,23);;/q;;;2*+3/p-6. The van der Waals surface area contributed by atoms with Crippen LogP contribution in [0.4, 0.5) is 0 Å². The van der Waals surface area contributed by atoms with Crippen LogP contribution in [0, 0.1) is 16.2 Å². The Hall–Kier alpha value is -2.12. The summed E-state index contributed by atoms with van der Waals surface area (Å²) in [6, 6.07) is 0. The number of carboxylic acid groups (broad SMARTS) is 6. The van der Waals surface area contributed by atoms with Crippen molar-refractivity contribution in [1.29, 1.82) is 0 Å².